The number of aliphatic hydroxyl groups excluding tert-OH is 1. The maximum Gasteiger partial charge on any atom is 0.140 e. The summed E-state index contributed by atoms with van der Waals surface area (Å²) < 4.78 is 0. The first-order chi connectivity index (χ1) is 8.08. The van der Waals surface area contributed by atoms with Crippen molar-refractivity contribution in [2.24, 2.45) is 16.8 Å². The highest BCUT2D eigenvalue weighted by Crippen LogP contribution is 2.23. The molecule has 5 nitrogen and oxygen atoms in total. The van der Waals surface area contributed by atoms with Gasteiger partial charge in [-0.05, 0) is 45.2 Å². The summed E-state index contributed by atoms with van der Waals surface area (Å²) in [7, 11) is 0. The van der Waals surface area contributed by atoms with E-state index >= 15 is 0 Å². The second-order valence-corrected chi connectivity index (χ2v) is 4.97. The number of oxime groups is 1. The van der Waals surface area contributed by atoms with Crippen LogP contribution < -0.4 is 5.73 Å². The molecule has 0 aliphatic carbocycles. The Labute approximate surface area is 103 Å². The second-order valence-electron chi connectivity index (χ2n) is 4.97. The first kappa shape index (κ1) is 14.3. The smallest absolute Gasteiger partial charge is 0.140 e. The SMILES string of the molecule is CCC(CC(N)=NO)N1CCC(C(C)O)CC1. The molecule has 0 radical (unpaired) electrons. The van der Waals surface area contributed by atoms with Crippen molar-refractivity contribution in [1.29, 1.82) is 0 Å². The molecule has 2 atom stereocenters. The molecule has 4 N–H and O–H groups in total. The fourth-order valence-corrected chi connectivity index (χ4v) is 2.58. The zero-order chi connectivity index (χ0) is 12.8. The van der Waals surface area contributed by atoms with E-state index in [1.165, 1.54) is 0 Å². The minimum absolute atomic E-state index is 0.207. The lowest BCUT2D eigenvalue weighted by atomic mass is 9.91. The van der Waals surface area contributed by atoms with Crippen LogP contribution >= 0.6 is 0 Å². The van der Waals surface area contributed by atoms with E-state index in [0.717, 1.165) is 32.4 Å². The second kappa shape index (κ2) is 6.81. The molecule has 0 aromatic carbocycles. The number of piperidine rings is 1. The van der Waals surface area contributed by atoms with Gasteiger partial charge < -0.3 is 16.0 Å². The minimum Gasteiger partial charge on any atom is -0.409 e. The average Bonchev–Trinajstić information content (AvgIpc) is 2.35. The molecule has 1 fully saturated rings. The number of nitrogens with zero attached hydrogens (tertiary/aromatic N) is 2. The molecule has 0 bridgehead atoms. The predicted octanol–water partition coefficient (Wildman–Crippen LogP) is 0.994. The summed E-state index contributed by atoms with van der Waals surface area (Å²) in [6.07, 6.45) is 3.47. The highest BCUT2D eigenvalue weighted by Gasteiger charge is 2.26. The summed E-state index contributed by atoms with van der Waals surface area (Å²) >= 11 is 0. The third-order valence-electron chi connectivity index (χ3n) is 3.82. The van der Waals surface area contributed by atoms with Crippen LogP contribution in [0.3, 0.4) is 0 Å². The van der Waals surface area contributed by atoms with Crippen LogP contribution in [-0.4, -0.2) is 46.3 Å². The minimum atomic E-state index is -0.207. The Hall–Kier alpha value is -0.810. The van der Waals surface area contributed by atoms with E-state index in [-0.39, 0.29) is 6.10 Å². The third kappa shape index (κ3) is 4.16. The van der Waals surface area contributed by atoms with Gasteiger partial charge in [-0.3, -0.25) is 4.90 Å². The summed E-state index contributed by atoms with van der Waals surface area (Å²) in [5, 5.41) is 21.2. The van der Waals surface area contributed by atoms with Crippen LogP contribution in [-0.2, 0) is 0 Å². The van der Waals surface area contributed by atoms with Crippen LogP contribution in [0.15, 0.2) is 5.16 Å². The van der Waals surface area contributed by atoms with Crippen LogP contribution in [0.1, 0.15) is 39.5 Å². The van der Waals surface area contributed by atoms with Crippen LogP contribution in [0.2, 0.25) is 0 Å². The Kier molecular flexibility index (Phi) is 5.71. The predicted molar refractivity (Wildman–Crippen MR) is 68.1 cm³/mol. The van der Waals surface area contributed by atoms with Gasteiger partial charge in [-0.15, -0.1) is 0 Å². The van der Waals surface area contributed by atoms with Crippen LogP contribution in [0.25, 0.3) is 0 Å². The topological polar surface area (TPSA) is 82.1 Å². The Morgan fingerprint density at radius 1 is 1.47 bits per heavy atom. The number of aliphatic hydroxyl groups is 1. The molecule has 1 aliphatic rings. The Morgan fingerprint density at radius 3 is 2.47 bits per heavy atom. The van der Waals surface area contributed by atoms with Gasteiger partial charge in [0, 0.05) is 12.5 Å². The van der Waals surface area contributed by atoms with Gasteiger partial charge in [0.25, 0.3) is 0 Å². The zero-order valence-corrected chi connectivity index (χ0v) is 10.8. The highest BCUT2D eigenvalue weighted by atomic mass is 16.4. The molecule has 2 unspecified atom stereocenters. The van der Waals surface area contributed by atoms with Gasteiger partial charge in [-0.2, -0.15) is 0 Å². The van der Waals surface area contributed by atoms with Gasteiger partial charge in [-0.1, -0.05) is 12.1 Å². The summed E-state index contributed by atoms with van der Waals surface area (Å²) in [6.45, 7) is 5.98. The fourth-order valence-electron chi connectivity index (χ4n) is 2.58. The van der Waals surface area contributed by atoms with Crippen molar-refractivity contribution < 1.29 is 10.3 Å². The number of rotatable bonds is 5. The standard InChI is InChI=1S/C12H25N3O2/c1-3-11(8-12(13)14-17)15-6-4-10(5-7-15)9(2)16/h9-11,16-17H,3-8H2,1-2H3,(H2,13,14). The van der Waals surface area contributed by atoms with E-state index in [4.69, 9.17) is 10.9 Å². The first-order valence-electron chi connectivity index (χ1n) is 6.47. The first-order valence-corrected chi connectivity index (χ1v) is 6.47. The van der Waals surface area contributed by atoms with E-state index in [1.807, 2.05) is 6.92 Å². The Bertz CT molecular complexity index is 248. The molecule has 0 aromatic rings. The number of nitrogens with two attached hydrogens (primary N) is 1. The molecule has 0 saturated carbocycles. The molecule has 0 amide bonds. The van der Waals surface area contributed by atoms with Crippen molar-refractivity contribution in [3.05, 3.63) is 0 Å². The van der Waals surface area contributed by atoms with E-state index in [1.54, 1.807) is 0 Å². The van der Waals surface area contributed by atoms with Crippen molar-refractivity contribution in [1.82, 2.24) is 4.90 Å². The molecule has 1 heterocycles. The average molecular weight is 243 g/mol. The number of amidine groups is 1. The molecular weight excluding hydrogens is 218 g/mol. The molecule has 0 aromatic heterocycles. The molecule has 1 rings (SSSR count). The van der Waals surface area contributed by atoms with E-state index < -0.39 is 0 Å². The summed E-state index contributed by atoms with van der Waals surface area (Å²) in [4.78, 5) is 2.39. The maximum atomic E-state index is 9.55. The van der Waals surface area contributed by atoms with E-state index in [0.29, 0.717) is 24.2 Å². The van der Waals surface area contributed by atoms with Crippen LogP contribution in [0.4, 0.5) is 0 Å². The van der Waals surface area contributed by atoms with Crippen molar-refractivity contribution in [3.63, 3.8) is 0 Å². The monoisotopic (exact) mass is 243 g/mol. The molecule has 0 spiro atoms. The van der Waals surface area contributed by atoms with Crippen molar-refractivity contribution in [2.75, 3.05) is 13.1 Å². The Morgan fingerprint density at radius 2 is 2.06 bits per heavy atom. The van der Waals surface area contributed by atoms with Crippen molar-refractivity contribution >= 4 is 5.84 Å². The van der Waals surface area contributed by atoms with E-state index in [2.05, 4.69) is 17.0 Å². The quantitative estimate of drug-likeness (QED) is 0.291. The number of hydrogen-bond acceptors (Lipinski definition) is 4. The van der Waals surface area contributed by atoms with Crippen LogP contribution in [0.5, 0.6) is 0 Å². The molecule has 1 saturated heterocycles. The fraction of sp³-hybridized carbons (Fsp3) is 0.917. The molecule has 1 aliphatic heterocycles. The summed E-state index contributed by atoms with van der Waals surface area (Å²) in [5.74, 6) is 0.724. The highest BCUT2D eigenvalue weighted by molar-refractivity contribution is 5.80. The maximum absolute atomic E-state index is 9.55. The summed E-state index contributed by atoms with van der Waals surface area (Å²) in [5.41, 5.74) is 5.56. The van der Waals surface area contributed by atoms with Gasteiger partial charge in [0.2, 0.25) is 0 Å². The molecule has 100 valence electrons. The largest absolute Gasteiger partial charge is 0.409 e. The Balaban J connectivity index is 2.45. The third-order valence-corrected chi connectivity index (χ3v) is 3.82. The van der Waals surface area contributed by atoms with Crippen LogP contribution in [0, 0.1) is 5.92 Å². The lowest BCUT2D eigenvalue weighted by Gasteiger charge is -2.38. The van der Waals surface area contributed by atoms with Gasteiger partial charge >= 0.3 is 0 Å². The van der Waals surface area contributed by atoms with Crippen molar-refractivity contribution in [3.8, 4) is 0 Å². The molecular formula is C12H25N3O2. The molecule has 5 heteroatoms. The summed E-state index contributed by atoms with van der Waals surface area (Å²) in [6, 6.07) is 0.348. The van der Waals surface area contributed by atoms with E-state index in [9.17, 15) is 5.11 Å². The van der Waals surface area contributed by atoms with Gasteiger partial charge in [0.1, 0.15) is 5.84 Å². The van der Waals surface area contributed by atoms with Gasteiger partial charge in [0.05, 0.1) is 6.10 Å². The number of hydrogen-bond donors (Lipinski definition) is 3. The normalized spacial score (nSPS) is 23.6. The van der Waals surface area contributed by atoms with Gasteiger partial charge in [-0.25, -0.2) is 0 Å². The number of likely N-dealkylation sites (tertiary alicyclic amines) is 1. The lowest BCUT2D eigenvalue weighted by molar-refractivity contribution is 0.0559. The van der Waals surface area contributed by atoms with Gasteiger partial charge in [0.15, 0.2) is 0 Å². The van der Waals surface area contributed by atoms with Crippen molar-refractivity contribution in [2.45, 2.75) is 51.7 Å². The molecule has 17 heavy (non-hydrogen) atoms. The zero-order valence-electron chi connectivity index (χ0n) is 10.8. The lowest BCUT2D eigenvalue weighted by Crippen LogP contribution is -2.44.